The number of esters is 1. The largest absolute Gasteiger partial charge is 0.426 e. The van der Waals surface area contributed by atoms with Crippen LogP contribution in [0.15, 0.2) is 60.7 Å². The van der Waals surface area contributed by atoms with Crippen molar-refractivity contribution in [2.24, 2.45) is 41.4 Å². The number of anilines is 2. The van der Waals surface area contributed by atoms with Gasteiger partial charge in [0.2, 0.25) is 17.7 Å². The average Bonchev–Trinajstić information content (AvgIpc) is 3.55. The van der Waals surface area contributed by atoms with Crippen LogP contribution in [-0.2, 0) is 19.2 Å². The van der Waals surface area contributed by atoms with Gasteiger partial charge in [-0.05, 0) is 60.8 Å². The first-order valence-electron chi connectivity index (χ1n) is 12.7. The topological polar surface area (TPSA) is 84.0 Å². The summed E-state index contributed by atoms with van der Waals surface area (Å²) in [6.45, 7) is 2.19. The van der Waals surface area contributed by atoms with Crippen molar-refractivity contribution < 1.29 is 23.9 Å². The van der Waals surface area contributed by atoms with Gasteiger partial charge in [0, 0.05) is 24.7 Å². The fourth-order valence-corrected chi connectivity index (χ4v) is 7.06. The molecule has 3 amide bonds. The summed E-state index contributed by atoms with van der Waals surface area (Å²) < 4.78 is 5.65. The van der Waals surface area contributed by atoms with Gasteiger partial charge < -0.3 is 9.64 Å². The first-order valence-corrected chi connectivity index (χ1v) is 12.7. The van der Waals surface area contributed by atoms with Gasteiger partial charge in [-0.25, -0.2) is 4.90 Å². The molecule has 4 fully saturated rings. The normalized spacial score (nSPS) is 33.7. The third-order valence-electron chi connectivity index (χ3n) is 8.82. The molecule has 4 aliphatic carbocycles. The third-order valence-corrected chi connectivity index (χ3v) is 8.82. The smallest absolute Gasteiger partial charge is 0.316 e. The molecule has 7 atom stereocenters. The lowest BCUT2D eigenvalue weighted by molar-refractivity contribution is -0.139. The Bertz CT molecular complexity index is 1330. The maximum Gasteiger partial charge on any atom is 0.316 e. The molecule has 0 spiro atoms. The molecule has 8 rings (SSSR count). The van der Waals surface area contributed by atoms with Gasteiger partial charge in [0.25, 0.3) is 0 Å². The predicted molar refractivity (Wildman–Crippen MR) is 131 cm³/mol. The number of imide groups is 1. The lowest BCUT2D eigenvalue weighted by atomic mass is 9.63. The second-order valence-electron chi connectivity index (χ2n) is 10.8. The van der Waals surface area contributed by atoms with Gasteiger partial charge in [0.15, 0.2) is 0 Å². The highest BCUT2D eigenvalue weighted by molar-refractivity contribution is 6.22. The van der Waals surface area contributed by atoms with Gasteiger partial charge >= 0.3 is 5.97 Å². The van der Waals surface area contributed by atoms with Crippen LogP contribution in [0.2, 0.25) is 0 Å². The van der Waals surface area contributed by atoms with Crippen LogP contribution in [-0.4, -0.2) is 30.2 Å². The summed E-state index contributed by atoms with van der Waals surface area (Å²) in [5, 5.41) is 0. The Morgan fingerprint density at radius 3 is 2.31 bits per heavy atom. The highest BCUT2D eigenvalue weighted by atomic mass is 16.5. The number of para-hydroxylation sites is 1. The minimum atomic E-state index is -0.591. The van der Waals surface area contributed by atoms with Gasteiger partial charge in [0.1, 0.15) is 5.75 Å². The first kappa shape index (κ1) is 21.5. The molecule has 182 valence electrons. The minimum Gasteiger partial charge on any atom is -0.426 e. The number of carbonyl (C=O) groups excluding carboxylic acids is 4. The standard InChI is InChI=1S/C29H26N2O5/c1-15-5-2-3-8-23(15)30-14-16(11-24(30)32)29(35)36-18-7-4-6-17(12-18)31-27(33)25-19-9-10-20(22-13-21(19)22)26(25)28(31)34/h2-10,12,16,19-22,25-26H,11,13-14H2,1H3/t16-,19+,20+,21-,22+,25-,26+/m1/s1. The molecule has 0 unspecified atom stereocenters. The van der Waals surface area contributed by atoms with Crippen LogP contribution in [0.5, 0.6) is 5.75 Å². The van der Waals surface area contributed by atoms with E-state index in [0.717, 1.165) is 17.7 Å². The van der Waals surface area contributed by atoms with Gasteiger partial charge in [-0.15, -0.1) is 0 Å². The Morgan fingerprint density at radius 1 is 0.917 bits per heavy atom. The number of hydrogen-bond donors (Lipinski definition) is 0. The summed E-state index contributed by atoms with van der Waals surface area (Å²) in [7, 11) is 0. The molecule has 2 saturated heterocycles. The van der Waals surface area contributed by atoms with Crippen molar-refractivity contribution in [1.29, 1.82) is 0 Å². The zero-order valence-electron chi connectivity index (χ0n) is 19.9. The first-order chi connectivity index (χ1) is 17.4. The van der Waals surface area contributed by atoms with Crippen LogP contribution in [0.1, 0.15) is 18.4 Å². The number of benzene rings is 2. The number of allylic oxidation sites excluding steroid dienone is 2. The molecule has 2 aromatic carbocycles. The molecule has 2 aromatic rings. The zero-order valence-corrected chi connectivity index (χ0v) is 19.9. The van der Waals surface area contributed by atoms with E-state index in [4.69, 9.17) is 4.74 Å². The maximum absolute atomic E-state index is 13.4. The Hall–Kier alpha value is -3.74. The Morgan fingerprint density at radius 2 is 1.61 bits per heavy atom. The number of carbonyl (C=O) groups is 4. The molecular weight excluding hydrogens is 456 g/mol. The SMILES string of the molecule is Cc1ccccc1N1C[C@H](C(=O)Oc2cccc(N3C(=O)[C@@H]4[C@H]5C=C[C@@H]([C@@H]6C[C@H]56)[C@@H]4C3=O)c2)CC1=O. The molecule has 0 radical (unpaired) electrons. The van der Waals surface area contributed by atoms with Crippen LogP contribution in [0, 0.1) is 48.3 Å². The van der Waals surface area contributed by atoms with Crippen molar-refractivity contribution in [3.63, 3.8) is 0 Å². The fraction of sp³-hybridized carbons (Fsp3) is 0.379. The number of nitrogens with zero attached hydrogens (tertiary/aromatic N) is 2. The summed E-state index contributed by atoms with van der Waals surface area (Å²) in [4.78, 5) is 55.3. The third kappa shape index (κ3) is 3.04. The molecule has 7 heteroatoms. The molecule has 6 aliphatic rings. The molecular formula is C29H26N2O5. The van der Waals surface area contributed by atoms with E-state index in [0.29, 0.717) is 17.5 Å². The van der Waals surface area contributed by atoms with Gasteiger partial charge in [-0.2, -0.15) is 0 Å². The van der Waals surface area contributed by atoms with Gasteiger partial charge in [0.05, 0.1) is 23.4 Å². The summed E-state index contributed by atoms with van der Waals surface area (Å²) in [6.07, 6.45) is 5.50. The van der Waals surface area contributed by atoms with E-state index in [2.05, 4.69) is 12.2 Å². The van der Waals surface area contributed by atoms with Crippen molar-refractivity contribution in [2.45, 2.75) is 19.8 Å². The van der Waals surface area contributed by atoms with E-state index in [1.54, 1.807) is 29.2 Å². The van der Waals surface area contributed by atoms with Crippen LogP contribution >= 0.6 is 0 Å². The Labute approximate surface area is 208 Å². The highest BCUT2D eigenvalue weighted by Crippen LogP contribution is 2.65. The fourth-order valence-electron chi connectivity index (χ4n) is 7.06. The highest BCUT2D eigenvalue weighted by Gasteiger charge is 2.67. The summed E-state index contributed by atoms with van der Waals surface area (Å²) >= 11 is 0. The molecule has 2 heterocycles. The lowest BCUT2D eigenvalue weighted by Gasteiger charge is -2.37. The van der Waals surface area contributed by atoms with E-state index in [-0.39, 0.29) is 60.1 Å². The monoisotopic (exact) mass is 482 g/mol. The lowest BCUT2D eigenvalue weighted by Crippen LogP contribution is -2.40. The summed E-state index contributed by atoms with van der Waals surface area (Å²) in [5.41, 5.74) is 2.20. The quantitative estimate of drug-likeness (QED) is 0.288. The maximum atomic E-state index is 13.4. The molecule has 2 aliphatic heterocycles. The van der Waals surface area contributed by atoms with E-state index in [9.17, 15) is 19.2 Å². The van der Waals surface area contributed by atoms with Crippen LogP contribution in [0.25, 0.3) is 0 Å². The number of ether oxygens (including phenoxy) is 1. The zero-order chi connectivity index (χ0) is 24.7. The molecule has 2 bridgehead atoms. The summed E-state index contributed by atoms with van der Waals surface area (Å²) in [6, 6.07) is 14.2. The average molecular weight is 483 g/mol. The van der Waals surface area contributed by atoms with E-state index >= 15 is 0 Å². The van der Waals surface area contributed by atoms with E-state index < -0.39 is 11.9 Å². The Balaban J connectivity index is 1.08. The molecule has 7 nitrogen and oxygen atoms in total. The second-order valence-corrected chi connectivity index (χ2v) is 10.8. The van der Waals surface area contributed by atoms with Crippen molar-refractivity contribution in [3.05, 3.63) is 66.2 Å². The minimum absolute atomic E-state index is 0.0808. The number of rotatable bonds is 4. The van der Waals surface area contributed by atoms with Crippen molar-refractivity contribution in [2.75, 3.05) is 16.3 Å². The van der Waals surface area contributed by atoms with Crippen molar-refractivity contribution in [3.8, 4) is 5.75 Å². The molecule has 2 saturated carbocycles. The van der Waals surface area contributed by atoms with E-state index in [1.807, 2.05) is 31.2 Å². The number of amides is 3. The van der Waals surface area contributed by atoms with Crippen LogP contribution in [0.3, 0.4) is 0 Å². The molecule has 0 N–H and O–H groups in total. The second kappa shape index (κ2) is 7.63. The van der Waals surface area contributed by atoms with Gasteiger partial charge in [-0.3, -0.25) is 19.2 Å². The molecule has 36 heavy (non-hydrogen) atoms. The number of hydrogen-bond acceptors (Lipinski definition) is 5. The van der Waals surface area contributed by atoms with Crippen LogP contribution < -0.4 is 14.5 Å². The Kier molecular flexibility index (Phi) is 4.56. The van der Waals surface area contributed by atoms with Gasteiger partial charge in [-0.1, -0.05) is 36.4 Å². The molecule has 0 aromatic heterocycles. The van der Waals surface area contributed by atoms with Crippen LogP contribution in [0.4, 0.5) is 11.4 Å². The van der Waals surface area contributed by atoms with Crippen molar-refractivity contribution in [1.82, 2.24) is 0 Å². The predicted octanol–water partition coefficient (Wildman–Crippen LogP) is 3.51. The van der Waals surface area contributed by atoms with Crippen molar-refractivity contribution >= 4 is 35.1 Å². The number of aryl methyl sites for hydroxylation is 1. The van der Waals surface area contributed by atoms with E-state index in [1.165, 1.54) is 4.90 Å². The summed E-state index contributed by atoms with van der Waals surface area (Å²) in [5.74, 6) is -0.389.